The van der Waals surface area contributed by atoms with E-state index in [4.69, 9.17) is 0 Å². The number of carbonyl (C=O) groups excluding carboxylic acids is 1. The van der Waals surface area contributed by atoms with E-state index in [0.717, 1.165) is 11.5 Å². The van der Waals surface area contributed by atoms with Crippen LogP contribution in [0.25, 0.3) is 0 Å². The van der Waals surface area contributed by atoms with E-state index >= 15 is 0 Å². The van der Waals surface area contributed by atoms with Crippen LogP contribution in [-0.2, 0) is 0 Å². The lowest BCUT2D eigenvalue weighted by Crippen LogP contribution is -2.44. The van der Waals surface area contributed by atoms with Gasteiger partial charge in [-0.05, 0) is 43.4 Å². The molecule has 0 saturated heterocycles. The van der Waals surface area contributed by atoms with E-state index in [9.17, 15) is 4.79 Å². The Bertz CT molecular complexity index is 493. The van der Waals surface area contributed by atoms with Gasteiger partial charge in [-0.15, -0.1) is 0 Å². The van der Waals surface area contributed by atoms with Crippen molar-refractivity contribution in [3.8, 4) is 0 Å². The molecular formula is C17H22OS. The second-order valence-electron chi connectivity index (χ2n) is 6.79. The third-order valence-electron chi connectivity index (χ3n) is 5.83. The highest BCUT2D eigenvalue weighted by Gasteiger charge is 2.61. The summed E-state index contributed by atoms with van der Waals surface area (Å²) < 4.78 is 0.100. The van der Waals surface area contributed by atoms with Gasteiger partial charge in [0.05, 0.1) is 0 Å². The molecule has 2 aliphatic carbocycles. The summed E-state index contributed by atoms with van der Waals surface area (Å²) in [4.78, 5) is 12.5. The first-order chi connectivity index (χ1) is 8.95. The molecular weight excluding hydrogens is 252 g/mol. The first-order valence-corrected chi connectivity index (χ1v) is 8.05. The van der Waals surface area contributed by atoms with E-state index < -0.39 is 0 Å². The highest BCUT2D eigenvalue weighted by molar-refractivity contribution is 8.15. The lowest BCUT2D eigenvalue weighted by atomic mass is 9.69. The second-order valence-corrected chi connectivity index (χ2v) is 8.21. The van der Waals surface area contributed by atoms with Crippen LogP contribution in [0.4, 0.5) is 0 Å². The van der Waals surface area contributed by atoms with Gasteiger partial charge in [0.25, 0.3) is 0 Å². The Morgan fingerprint density at radius 1 is 1.11 bits per heavy atom. The van der Waals surface area contributed by atoms with Gasteiger partial charge >= 0.3 is 0 Å². The maximum atomic E-state index is 12.5. The molecule has 2 saturated carbocycles. The minimum absolute atomic E-state index is 0.100. The van der Waals surface area contributed by atoms with Crippen LogP contribution in [0.15, 0.2) is 30.3 Å². The van der Waals surface area contributed by atoms with Gasteiger partial charge in [0, 0.05) is 10.3 Å². The lowest BCUT2D eigenvalue weighted by molar-refractivity contribution is 0.107. The molecule has 1 aromatic rings. The normalized spacial score (nSPS) is 35.5. The molecule has 2 fully saturated rings. The predicted octanol–water partition coefficient (Wildman–Crippen LogP) is 4.77. The van der Waals surface area contributed by atoms with Crippen LogP contribution in [0.3, 0.4) is 0 Å². The summed E-state index contributed by atoms with van der Waals surface area (Å²) in [6.45, 7) is 7.05. The molecule has 0 N–H and O–H groups in total. The summed E-state index contributed by atoms with van der Waals surface area (Å²) in [6, 6.07) is 9.71. The van der Waals surface area contributed by atoms with Gasteiger partial charge < -0.3 is 0 Å². The van der Waals surface area contributed by atoms with Crippen molar-refractivity contribution >= 4 is 16.9 Å². The van der Waals surface area contributed by atoms with Crippen molar-refractivity contribution in [1.29, 1.82) is 0 Å². The Morgan fingerprint density at radius 2 is 1.74 bits per heavy atom. The molecule has 3 rings (SSSR count). The quantitative estimate of drug-likeness (QED) is 0.772. The first-order valence-electron chi connectivity index (χ1n) is 7.23. The number of benzene rings is 1. The third kappa shape index (κ3) is 1.87. The van der Waals surface area contributed by atoms with Crippen molar-refractivity contribution in [2.75, 3.05) is 0 Å². The van der Waals surface area contributed by atoms with Gasteiger partial charge in [-0.1, -0.05) is 55.9 Å². The fraction of sp³-hybridized carbons (Fsp3) is 0.588. The van der Waals surface area contributed by atoms with Crippen LogP contribution >= 0.6 is 11.8 Å². The molecule has 0 spiro atoms. The highest BCUT2D eigenvalue weighted by Crippen LogP contribution is 2.66. The Morgan fingerprint density at radius 3 is 2.32 bits per heavy atom. The molecule has 1 aromatic carbocycles. The number of carbonyl (C=O) groups is 1. The van der Waals surface area contributed by atoms with E-state index in [0.29, 0.717) is 5.92 Å². The standard InChI is InChI=1S/C17H22OS/c1-16(2)13-9-10-14(11-13)17(16,3)19-15(18)12-7-5-4-6-8-12/h4-8,13-14H,9-11H2,1-3H3/t13-,14+,17-/m1/s1. The summed E-state index contributed by atoms with van der Waals surface area (Å²) >= 11 is 1.59. The largest absolute Gasteiger partial charge is 0.282 e. The molecule has 0 aromatic heterocycles. The molecule has 0 unspecified atom stereocenters. The van der Waals surface area contributed by atoms with E-state index in [1.807, 2.05) is 30.3 Å². The van der Waals surface area contributed by atoms with E-state index in [-0.39, 0.29) is 15.3 Å². The molecule has 2 bridgehead atoms. The van der Waals surface area contributed by atoms with Gasteiger partial charge in [-0.3, -0.25) is 4.79 Å². The molecule has 2 heteroatoms. The summed E-state index contributed by atoms with van der Waals surface area (Å²) in [6.07, 6.45) is 3.98. The molecule has 102 valence electrons. The summed E-state index contributed by atoms with van der Waals surface area (Å²) in [5.41, 5.74) is 1.11. The van der Waals surface area contributed by atoms with Gasteiger partial charge in [0.15, 0.2) is 0 Å². The first kappa shape index (κ1) is 13.2. The van der Waals surface area contributed by atoms with Crippen molar-refractivity contribution < 1.29 is 4.79 Å². The molecule has 19 heavy (non-hydrogen) atoms. The number of hydrogen-bond acceptors (Lipinski definition) is 2. The van der Waals surface area contributed by atoms with Crippen molar-refractivity contribution in [3.05, 3.63) is 35.9 Å². The highest BCUT2D eigenvalue weighted by atomic mass is 32.2. The Kier molecular flexibility index (Phi) is 3.05. The van der Waals surface area contributed by atoms with Gasteiger partial charge in [-0.25, -0.2) is 0 Å². The average molecular weight is 274 g/mol. The number of rotatable bonds is 2. The monoisotopic (exact) mass is 274 g/mol. The van der Waals surface area contributed by atoms with Gasteiger partial charge in [-0.2, -0.15) is 0 Å². The number of fused-ring (bicyclic) bond motifs is 2. The molecule has 0 radical (unpaired) electrons. The summed E-state index contributed by atoms with van der Waals surface area (Å²) in [7, 11) is 0. The van der Waals surface area contributed by atoms with Crippen LogP contribution < -0.4 is 0 Å². The van der Waals surface area contributed by atoms with Crippen molar-refractivity contribution in [1.82, 2.24) is 0 Å². The minimum Gasteiger partial charge on any atom is -0.282 e. The maximum Gasteiger partial charge on any atom is 0.219 e. The minimum atomic E-state index is 0.100. The molecule has 2 aliphatic rings. The molecule has 3 atom stereocenters. The molecule has 0 aliphatic heterocycles. The van der Waals surface area contributed by atoms with Crippen LogP contribution in [0, 0.1) is 17.3 Å². The summed E-state index contributed by atoms with van der Waals surface area (Å²) in [5, 5.41) is 0.240. The summed E-state index contributed by atoms with van der Waals surface area (Å²) in [5.74, 6) is 1.52. The van der Waals surface area contributed by atoms with Crippen LogP contribution in [0.1, 0.15) is 50.4 Å². The van der Waals surface area contributed by atoms with E-state index in [1.165, 1.54) is 19.3 Å². The van der Waals surface area contributed by atoms with Gasteiger partial charge in [0.1, 0.15) is 0 Å². The lowest BCUT2D eigenvalue weighted by Gasteiger charge is -2.46. The maximum absolute atomic E-state index is 12.5. The number of thioether (sulfide) groups is 1. The van der Waals surface area contributed by atoms with Crippen molar-refractivity contribution in [2.45, 2.75) is 44.8 Å². The van der Waals surface area contributed by atoms with Crippen LogP contribution in [0.5, 0.6) is 0 Å². The SMILES string of the molecule is CC1(C)[C@@H]2CC[C@@H](C2)[C@@]1(C)SC(=O)c1ccccc1. The second kappa shape index (κ2) is 4.37. The van der Waals surface area contributed by atoms with Crippen molar-refractivity contribution in [3.63, 3.8) is 0 Å². The Balaban J connectivity index is 1.85. The van der Waals surface area contributed by atoms with E-state index in [1.54, 1.807) is 11.8 Å². The smallest absolute Gasteiger partial charge is 0.219 e. The average Bonchev–Trinajstić information content (AvgIpc) is 2.94. The molecule has 1 nitrogen and oxygen atoms in total. The van der Waals surface area contributed by atoms with Crippen LogP contribution in [-0.4, -0.2) is 9.86 Å². The predicted molar refractivity (Wildman–Crippen MR) is 81.4 cm³/mol. The fourth-order valence-corrected chi connectivity index (χ4v) is 5.56. The van der Waals surface area contributed by atoms with Crippen LogP contribution in [0.2, 0.25) is 0 Å². The Hall–Kier alpha value is -0.760. The zero-order chi connectivity index (χ0) is 13.7. The zero-order valence-electron chi connectivity index (χ0n) is 12.0. The molecule has 0 heterocycles. The number of hydrogen-bond donors (Lipinski definition) is 0. The van der Waals surface area contributed by atoms with Gasteiger partial charge in [0.2, 0.25) is 5.12 Å². The zero-order valence-corrected chi connectivity index (χ0v) is 12.8. The Labute approximate surface area is 120 Å². The van der Waals surface area contributed by atoms with Crippen molar-refractivity contribution in [2.24, 2.45) is 17.3 Å². The third-order valence-corrected chi connectivity index (χ3v) is 7.53. The van der Waals surface area contributed by atoms with E-state index in [2.05, 4.69) is 20.8 Å². The molecule has 0 amide bonds. The fourth-order valence-electron chi connectivity index (χ4n) is 4.11. The topological polar surface area (TPSA) is 17.1 Å².